The van der Waals surface area contributed by atoms with Crippen molar-refractivity contribution in [2.75, 3.05) is 39.3 Å². The molecule has 0 atom stereocenters. The number of halogens is 3. The lowest BCUT2D eigenvalue weighted by atomic mass is 9.98. The highest BCUT2D eigenvalue weighted by atomic mass is 19.4. The third-order valence-corrected chi connectivity index (χ3v) is 3.84. The standard InChI is InChI=1S/C15H27F3N2/c1-5-19-6-8-20(9-7-19)11-13(4)14(10-12(2)3)15(16,17)18/h12H,5-11H2,1-4H3/b14-13-. The van der Waals surface area contributed by atoms with Crippen LogP contribution in [0.4, 0.5) is 13.2 Å². The first-order valence-electron chi connectivity index (χ1n) is 7.44. The van der Waals surface area contributed by atoms with Gasteiger partial charge in [-0.15, -0.1) is 0 Å². The zero-order valence-electron chi connectivity index (χ0n) is 13.1. The minimum absolute atomic E-state index is 0.0264. The Morgan fingerprint density at radius 1 is 1.05 bits per heavy atom. The summed E-state index contributed by atoms with van der Waals surface area (Å²) in [5.41, 5.74) is 0.154. The van der Waals surface area contributed by atoms with E-state index in [4.69, 9.17) is 0 Å². The van der Waals surface area contributed by atoms with Crippen LogP contribution in [-0.2, 0) is 0 Å². The maximum absolute atomic E-state index is 13.1. The van der Waals surface area contributed by atoms with Gasteiger partial charge in [0.15, 0.2) is 0 Å². The predicted octanol–water partition coefficient (Wildman–Crippen LogP) is 3.55. The maximum Gasteiger partial charge on any atom is 0.412 e. The van der Waals surface area contributed by atoms with E-state index in [2.05, 4.69) is 16.7 Å². The van der Waals surface area contributed by atoms with Gasteiger partial charge in [-0.1, -0.05) is 26.3 Å². The largest absolute Gasteiger partial charge is 0.412 e. The summed E-state index contributed by atoms with van der Waals surface area (Å²) in [7, 11) is 0. The molecular formula is C15H27F3N2. The summed E-state index contributed by atoms with van der Waals surface area (Å²) in [5, 5.41) is 0. The second-order valence-corrected chi connectivity index (χ2v) is 6.07. The summed E-state index contributed by atoms with van der Waals surface area (Å²) >= 11 is 0. The van der Waals surface area contributed by atoms with Crippen molar-refractivity contribution in [3.63, 3.8) is 0 Å². The molecule has 118 valence electrons. The molecule has 5 heteroatoms. The molecular weight excluding hydrogens is 265 g/mol. The highest BCUT2D eigenvalue weighted by Gasteiger charge is 2.35. The number of hydrogen-bond donors (Lipinski definition) is 0. The lowest BCUT2D eigenvalue weighted by Gasteiger charge is -2.34. The van der Waals surface area contributed by atoms with Gasteiger partial charge in [0.1, 0.15) is 0 Å². The molecule has 0 aromatic heterocycles. The Labute approximate surface area is 120 Å². The lowest BCUT2D eigenvalue weighted by molar-refractivity contribution is -0.0962. The smallest absolute Gasteiger partial charge is 0.301 e. The highest BCUT2D eigenvalue weighted by Crippen LogP contribution is 2.33. The second-order valence-electron chi connectivity index (χ2n) is 6.07. The van der Waals surface area contributed by atoms with E-state index in [-0.39, 0.29) is 17.9 Å². The van der Waals surface area contributed by atoms with E-state index in [0.29, 0.717) is 12.1 Å². The molecule has 0 unspecified atom stereocenters. The number of alkyl halides is 3. The van der Waals surface area contributed by atoms with E-state index in [1.165, 1.54) is 0 Å². The number of nitrogens with zero attached hydrogens (tertiary/aromatic N) is 2. The van der Waals surface area contributed by atoms with Crippen LogP contribution in [-0.4, -0.2) is 55.2 Å². The van der Waals surface area contributed by atoms with E-state index in [0.717, 1.165) is 32.7 Å². The summed E-state index contributed by atoms with van der Waals surface area (Å²) in [6.07, 6.45) is -4.08. The fraction of sp³-hybridized carbons (Fsp3) is 0.867. The van der Waals surface area contributed by atoms with Gasteiger partial charge >= 0.3 is 6.18 Å². The van der Waals surface area contributed by atoms with E-state index < -0.39 is 6.18 Å². The van der Waals surface area contributed by atoms with Crippen LogP contribution in [0.25, 0.3) is 0 Å². The minimum atomic E-state index is -4.19. The summed E-state index contributed by atoms with van der Waals surface area (Å²) in [4.78, 5) is 4.46. The Bertz CT molecular complexity index is 327. The Morgan fingerprint density at radius 3 is 1.95 bits per heavy atom. The molecule has 0 spiro atoms. The number of rotatable bonds is 5. The average Bonchev–Trinajstić information content (AvgIpc) is 2.35. The first-order valence-corrected chi connectivity index (χ1v) is 7.44. The predicted molar refractivity (Wildman–Crippen MR) is 76.8 cm³/mol. The van der Waals surface area contributed by atoms with Gasteiger partial charge in [-0.3, -0.25) is 4.90 Å². The van der Waals surface area contributed by atoms with Crippen molar-refractivity contribution in [1.29, 1.82) is 0 Å². The van der Waals surface area contributed by atoms with Gasteiger partial charge in [0.25, 0.3) is 0 Å². The topological polar surface area (TPSA) is 6.48 Å². The third-order valence-electron chi connectivity index (χ3n) is 3.84. The molecule has 0 radical (unpaired) electrons. The van der Waals surface area contributed by atoms with Gasteiger partial charge in [0, 0.05) is 38.3 Å². The first-order chi connectivity index (χ1) is 9.24. The lowest BCUT2D eigenvalue weighted by Crippen LogP contribution is -2.46. The first kappa shape index (κ1) is 17.5. The molecule has 1 heterocycles. The molecule has 0 amide bonds. The van der Waals surface area contributed by atoms with Crippen molar-refractivity contribution >= 4 is 0 Å². The molecule has 0 N–H and O–H groups in total. The Balaban J connectivity index is 2.69. The van der Waals surface area contributed by atoms with Gasteiger partial charge in [0.2, 0.25) is 0 Å². The zero-order chi connectivity index (χ0) is 15.3. The van der Waals surface area contributed by atoms with Gasteiger partial charge in [-0.2, -0.15) is 13.2 Å². The second kappa shape index (κ2) is 7.46. The van der Waals surface area contributed by atoms with Crippen LogP contribution in [0, 0.1) is 5.92 Å². The third kappa shape index (κ3) is 5.44. The number of piperazine rings is 1. The Hall–Kier alpha value is -0.550. The molecule has 0 aromatic rings. The summed E-state index contributed by atoms with van der Waals surface area (Å²) in [6.45, 7) is 12.5. The van der Waals surface area contributed by atoms with Crippen molar-refractivity contribution in [1.82, 2.24) is 9.80 Å². The van der Waals surface area contributed by atoms with E-state index >= 15 is 0 Å². The highest BCUT2D eigenvalue weighted by molar-refractivity contribution is 5.19. The fourth-order valence-corrected chi connectivity index (χ4v) is 2.63. The van der Waals surface area contributed by atoms with Crippen molar-refractivity contribution in [3.8, 4) is 0 Å². The van der Waals surface area contributed by atoms with E-state index in [1.807, 2.05) is 13.8 Å². The number of likely N-dealkylation sites (N-methyl/N-ethyl adjacent to an activating group) is 1. The Kier molecular flexibility index (Phi) is 6.52. The fourth-order valence-electron chi connectivity index (χ4n) is 2.63. The summed E-state index contributed by atoms with van der Waals surface area (Å²) < 4.78 is 39.4. The normalized spacial score (nSPS) is 20.4. The Morgan fingerprint density at radius 2 is 1.55 bits per heavy atom. The minimum Gasteiger partial charge on any atom is -0.301 e. The molecule has 20 heavy (non-hydrogen) atoms. The molecule has 1 saturated heterocycles. The molecule has 0 aromatic carbocycles. The molecule has 1 aliphatic rings. The van der Waals surface area contributed by atoms with E-state index in [1.54, 1.807) is 6.92 Å². The molecule has 1 aliphatic heterocycles. The van der Waals surface area contributed by atoms with Gasteiger partial charge < -0.3 is 4.90 Å². The SMILES string of the molecule is CCN1CCN(C/C(C)=C(/CC(C)C)C(F)(F)F)CC1. The van der Waals surface area contributed by atoms with Crippen LogP contribution in [0.15, 0.2) is 11.1 Å². The molecule has 0 aliphatic carbocycles. The van der Waals surface area contributed by atoms with Crippen LogP contribution in [0.3, 0.4) is 0 Å². The van der Waals surface area contributed by atoms with Crippen LogP contribution < -0.4 is 0 Å². The van der Waals surface area contributed by atoms with Gasteiger partial charge in [0.05, 0.1) is 0 Å². The maximum atomic E-state index is 13.1. The van der Waals surface area contributed by atoms with Crippen LogP contribution in [0.5, 0.6) is 0 Å². The monoisotopic (exact) mass is 292 g/mol. The van der Waals surface area contributed by atoms with Crippen molar-refractivity contribution in [2.45, 2.75) is 40.3 Å². The van der Waals surface area contributed by atoms with Crippen molar-refractivity contribution in [2.24, 2.45) is 5.92 Å². The van der Waals surface area contributed by atoms with Crippen LogP contribution in [0.1, 0.15) is 34.1 Å². The summed E-state index contributed by atoms with van der Waals surface area (Å²) in [5.74, 6) is 0.0264. The molecule has 1 fully saturated rings. The molecule has 0 saturated carbocycles. The molecule has 0 bridgehead atoms. The number of allylic oxidation sites excluding steroid dienone is 1. The number of hydrogen-bond acceptors (Lipinski definition) is 2. The average molecular weight is 292 g/mol. The zero-order valence-corrected chi connectivity index (χ0v) is 13.1. The molecule has 2 nitrogen and oxygen atoms in total. The van der Waals surface area contributed by atoms with E-state index in [9.17, 15) is 13.2 Å². The van der Waals surface area contributed by atoms with Gasteiger partial charge in [-0.25, -0.2) is 0 Å². The van der Waals surface area contributed by atoms with Crippen LogP contribution in [0.2, 0.25) is 0 Å². The van der Waals surface area contributed by atoms with Crippen LogP contribution >= 0.6 is 0 Å². The van der Waals surface area contributed by atoms with Crippen molar-refractivity contribution in [3.05, 3.63) is 11.1 Å². The molecule has 1 rings (SSSR count). The van der Waals surface area contributed by atoms with Gasteiger partial charge in [-0.05, 0) is 25.8 Å². The van der Waals surface area contributed by atoms with Crippen molar-refractivity contribution < 1.29 is 13.2 Å². The summed E-state index contributed by atoms with van der Waals surface area (Å²) in [6, 6.07) is 0. The quantitative estimate of drug-likeness (QED) is 0.715.